The number of thioether (sulfide) groups is 1. The Morgan fingerprint density at radius 2 is 2.00 bits per heavy atom. The average Bonchev–Trinajstić information content (AvgIpc) is 2.80. The lowest BCUT2D eigenvalue weighted by Crippen LogP contribution is -2.05. The van der Waals surface area contributed by atoms with Crippen LogP contribution in [0.25, 0.3) is 0 Å². The van der Waals surface area contributed by atoms with Crippen molar-refractivity contribution in [3.63, 3.8) is 0 Å². The second-order valence-electron chi connectivity index (χ2n) is 4.88. The monoisotopic (exact) mass is 221 g/mol. The number of hydrogen-bond acceptors (Lipinski definition) is 2. The first-order valence-electron chi connectivity index (χ1n) is 5.46. The van der Waals surface area contributed by atoms with Gasteiger partial charge in [-0.2, -0.15) is 0 Å². The highest BCUT2D eigenvalue weighted by atomic mass is 32.2. The van der Waals surface area contributed by atoms with Crippen molar-refractivity contribution in [3.05, 3.63) is 29.8 Å². The molecule has 1 aromatic carbocycles. The van der Waals surface area contributed by atoms with Crippen molar-refractivity contribution in [2.75, 3.05) is 12.8 Å². The van der Waals surface area contributed by atoms with Crippen LogP contribution in [0.3, 0.4) is 0 Å². The van der Waals surface area contributed by atoms with E-state index in [0.717, 1.165) is 6.54 Å². The SMILES string of the molecule is CSc1ccccc1[C@H]1[C@H](CN)C1(C)C. The smallest absolute Gasteiger partial charge is 0.0104 e. The zero-order valence-electron chi connectivity index (χ0n) is 9.66. The van der Waals surface area contributed by atoms with E-state index in [9.17, 15) is 0 Å². The fraction of sp³-hybridized carbons (Fsp3) is 0.538. The summed E-state index contributed by atoms with van der Waals surface area (Å²) in [5.41, 5.74) is 7.70. The van der Waals surface area contributed by atoms with Gasteiger partial charge in [-0.1, -0.05) is 32.0 Å². The number of benzene rings is 1. The predicted molar refractivity (Wildman–Crippen MR) is 67.3 cm³/mol. The topological polar surface area (TPSA) is 26.0 Å². The molecule has 82 valence electrons. The summed E-state index contributed by atoms with van der Waals surface area (Å²) < 4.78 is 0. The highest BCUT2D eigenvalue weighted by Crippen LogP contribution is 2.64. The summed E-state index contributed by atoms with van der Waals surface area (Å²) in [5.74, 6) is 1.32. The van der Waals surface area contributed by atoms with E-state index in [2.05, 4.69) is 44.4 Å². The zero-order valence-corrected chi connectivity index (χ0v) is 10.5. The lowest BCUT2D eigenvalue weighted by molar-refractivity contribution is 0.558. The van der Waals surface area contributed by atoms with Crippen LogP contribution >= 0.6 is 11.8 Å². The van der Waals surface area contributed by atoms with Crippen molar-refractivity contribution < 1.29 is 0 Å². The van der Waals surface area contributed by atoms with Crippen LogP contribution in [0.2, 0.25) is 0 Å². The first kappa shape index (κ1) is 11.0. The summed E-state index contributed by atoms with van der Waals surface area (Å²) in [6.45, 7) is 5.46. The molecular weight excluding hydrogens is 202 g/mol. The molecule has 2 rings (SSSR count). The van der Waals surface area contributed by atoms with Crippen molar-refractivity contribution in [1.82, 2.24) is 0 Å². The number of rotatable bonds is 3. The summed E-state index contributed by atoms with van der Waals surface area (Å²) in [7, 11) is 0. The standard InChI is InChI=1S/C13H19NS/c1-13(2)10(8-14)12(13)9-6-4-5-7-11(9)15-3/h4-7,10,12H,8,14H2,1-3H3/t10-,12-/m0/s1. The number of hydrogen-bond donors (Lipinski definition) is 1. The van der Waals surface area contributed by atoms with Crippen LogP contribution in [-0.2, 0) is 0 Å². The van der Waals surface area contributed by atoms with Crippen LogP contribution in [0.1, 0.15) is 25.3 Å². The van der Waals surface area contributed by atoms with E-state index in [4.69, 9.17) is 5.73 Å². The molecule has 0 heterocycles. The largest absolute Gasteiger partial charge is 0.330 e. The Labute approximate surface area is 96.4 Å². The lowest BCUT2D eigenvalue weighted by Gasteiger charge is -2.08. The Kier molecular flexibility index (Phi) is 2.82. The Balaban J connectivity index is 2.32. The van der Waals surface area contributed by atoms with E-state index in [0.29, 0.717) is 17.3 Å². The minimum atomic E-state index is 0.389. The van der Waals surface area contributed by atoms with Gasteiger partial charge >= 0.3 is 0 Å². The maximum atomic E-state index is 5.82. The van der Waals surface area contributed by atoms with Gasteiger partial charge in [0, 0.05) is 4.90 Å². The van der Waals surface area contributed by atoms with Gasteiger partial charge in [0.25, 0.3) is 0 Å². The van der Waals surface area contributed by atoms with Crippen molar-refractivity contribution in [2.45, 2.75) is 24.7 Å². The van der Waals surface area contributed by atoms with Gasteiger partial charge in [-0.25, -0.2) is 0 Å². The van der Waals surface area contributed by atoms with E-state index in [1.165, 1.54) is 10.5 Å². The quantitative estimate of drug-likeness (QED) is 0.794. The summed E-state index contributed by atoms with van der Waals surface area (Å²) in [4.78, 5) is 1.41. The molecule has 15 heavy (non-hydrogen) atoms. The molecule has 1 aliphatic rings. The molecule has 0 aromatic heterocycles. The van der Waals surface area contributed by atoms with Gasteiger partial charge in [0.05, 0.1) is 0 Å². The van der Waals surface area contributed by atoms with Crippen LogP contribution in [0.4, 0.5) is 0 Å². The van der Waals surface area contributed by atoms with Crippen molar-refractivity contribution in [3.8, 4) is 0 Å². The first-order valence-corrected chi connectivity index (χ1v) is 6.68. The third kappa shape index (κ3) is 1.70. The molecular formula is C13H19NS. The van der Waals surface area contributed by atoms with E-state index < -0.39 is 0 Å². The molecule has 1 saturated carbocycles. The summed E-state index contributed by atoms with van der Waals surface area (Å²) >= 11 is 1.84. The van der Waals surface area contributed by atoms with E-state index in [1.54, 1.807) is 0 Å². The molecule has 2 N–H and O–H groups in total. The highest BCUT2D eigenvalue weighted by Gasteiger charge is 2.57. The highest BCUT2D eigenvalue weighted by molar-refractivity contribution is 7.98. The van der Waals surface area contributed by atoms with E-state index >= 15 is 0 Å². The molecule has 0 saturated heterocycles. The van der Waals surface area contributed by atoms with Gasteiger partial charge in [0.1, 0.15) is 0 Å². The molecule has 1 aromatic rings. The minimum Gasteiger partial charge on any atom is -0.330 e. The molecule has 0 unspecified atom stereocenters. The van der Waals surface area contributed by atoms with Crippen molar-refractivity contribution in [2.24, 2.45) is 17.1 Å². The number of nitrogens with two attached hydrogens (primary N) is 1. The van der Waals surface area contributed by atoms with Gasteiger partial charge in [0.2, 0.25) is 0 Å². The van der Waals surface area contributed by atoms with Crippen LogP contribution in [0.15, 0.2) is 29.2 Å². The molecule has 0 spiro atoms. The van der Waals surface area contributed by atoms with Crippen LogP contribution in [0, 0.1) is 11.3 Å². The maximum absolute atomic E-state index is 5.82. The second kappa shape index (κ2) is 3.84. The van der Waals surface area contributed by atoms with Gasteiger partial charge < -0.3 is 5.73 Å². The molecule has 0 radical (unpaired) electrons. The molecule has 0 amide bonds. The van der Waals surface area contributed by atoms with Crippen molar-refractivity contribution >= 4 is 11.8 Å². The van der Waals surface area contributed by atoms with E-state index in [-0.39, 0.29) is 0 Å². The summed E-state index contributed by atoms with van der Waals surface area (Å²) in [6, 6.07) is 8.72. The van der Waals surface area contributed by atoms with Crippen LogP contribution in [0.5, 0.6) is 0 Å². The third-order valence-electron chi connectivity index (χ3n) is 3.78. The predicted octanol–water partition coefficient (Wildman–Crippen LogP) is 3.11. The zero-order chi connectivity index (χ0) is 11.1. The Bertz CT molecular complexity index is 359. The van der Waals surface area contributed by atoms with E-state index in [1.807, 2.05) is 11.8 Å². The molecule has 1 fully saturated rings. The average molecular weight is 221 g/mol. The Morgan fingerprint density at radius 3 is 2.53 bits per heavy atom. The third-order valence-corrected chi connectivity index (χ3v) is 4.59. The maximum Gasteiger partial charge on any atom is 0.0104 e. The minimum absolute atomic E-state index is 0.389. The first-order chi connectivity index (χ1) is 7.12. The molecule has 0 aliphatic heterocycles. The van der Waals surface area contributed by atoms with Gasteiger partial charge in [0.15, 0.2) is 0 Å². The van der Waals surface area contributed by atoms with Gasteiger partial charge in [-0.05, 0) is 41.7 Å². The molecule has 1 aliphatic carbocycles. The fourth-order valence-electron chi connectivity index (χ4n) is 2.72. The molecule has 0 bridgehead atoms. The molecule has 1 nitrogen and oxygen atoms in total. The van der Waals surface area contributed by atoms with Crippen LogP contribution in [-0.4, -0.2) is 12.8 Å². The van der Waals surface area contributed by atoms with Crippen LogP contribution < -0.4 is 5.73 Å². The summed E-state index contributed by atoms with van der Waals surface area (Å²) in [5, 5.41) is 0. The lowest BCUT2D eigenvalue weighted by atomic mass is 10.0. The fourth-order valence-corrected chi connectivity index (χ4v) is 3.37. The summed E-state index contributed by atoms with van der Waals surface area (Å²) in [6.07, 6.45) is 2.14. The van der Waals surface area contributed by atoms with Gasteiger partial charge in [-0.3, -0.25) is 0 Å². The van der Waals surface area contributed by atoms with Crippen molar-refractivity contribution in [1.29, 1.82) is 0 Å². The normalized spacial score (nSPS) is 27.7. The molecule has 2 heteroatoms. The van der Waals surface area contributed by atoms with Gasteiger partial charge in [-0.15, -0.1) is 11.8 Å². The second-order valence-corrected chi connectivity index (χ2v) is 5.73. The molecule has 2 atom stereocenters. The Morgan fingerprint density at radius 1 is 1.33 bits per heavy atom. The Hall–Kier alpha value is -0.470.